The second-order valence-corrected chi connectivity index (χ2v) is 6.62. The van der Waals surface area contributed by atoms with Crippen molar-refractivity contribution in [3.05, 3.63) is 17.0 Å². The normalized spacial score (nSPS) is 15.1. The summed E-state index contributed by atoms with van der Waals surface area (Å²) in [5.74, 6) is 1.84. The third-order valence-corrected chi connectivity index (χ3v) is 4.74. The van der Waals surface area contributed by atoms with Gasteiger partial charge in [-0.05, 0) is 58.7 Å². The van der Waals surface area contributed by atoms with E-state index in [-0.39, 0.29) is 24.0 Å². The molecule has 0 saturated carbocycles. The Morgan fingerprint density at radius 2 is 1.88 bits per heavy atom. The van der Waals surface area contributed by atoms with Crippen LogP contribution in [0.1, 0.15) is 63.5 Å². The van der Waals surface area contributed by atoms with Crippen molar-refractivity contribution in [1.82, 2.24) is 20.7 Å². The Morgan fingerprint density at radius 3 is 2.54 bits per heavy atom. The molecule has 1 aromatic rings. The number of nitrogens with one attached hydrogen (secondary N) is 2. The van der Waals surface area contributed by atoms with E-state index in [0.717, 1.165) is 48.9 Å². The molecule has 6 nitrogen and oxygen atoms in total. The number of rotatable bonds is 10. The van der Waals surface area contributed by atoms with Crippen LogP contribution in [0, 0.1) is 0 Å². The fourth-order valence-electron chi connectivity index (χ4n) is 3.29. The van der Waals surface area contributed by atoms with Crippen LogP contribution in [0.25, 0.3) is 0 Å². The van der Waals surface area contributed by atoms with Crippen LogP contribution in [0.4, 0.5) is 0 Å². The van der Waals surface area contributed by atoms with E-state index in [1.807, 2.05) is 0 Å². The van der Waals surface area contributed by atoms with Crippen LogP contribution in [0.15, 0.2) is 9.52 Å². The Hall–Kier alpha value is -0.830. The maximum atomic E-state index is 5.43. The van der Waals surface area contributed by atoms with Crippen LogP contribution in [-0.4, -0.2) is 48.7 Å². The highest BCUT2D eigenvalue weighted by Gasteiger charge is 2.13. The number of hydrogen-bond acceptors (Lipinski definition) is 4. The SMILES string of the molecule is CCNC(=NCc1c(CC)noc1CC)NCCCCN1CCCC1.I. The van der Waals surface area contributed by atoms with Crippen LogP contribution in [-0.2, 0) is 19.4 Å². The monoisotopic (exact) mass is 477 g/mol. The van der Waals surface area contributed by atoms with Crippen molar-refractivity contribution in [2.45, 2.75) is 65.8 Å². The van der Waals surface area contributed by atoms with E-state index in [1.54, 1.807) is 0 Å². The first-order chi connectivity index (χ1) is 12.3. The molecule has 2 N–H and O–H groups in total. The van der Waals surface area contributed by atoms with E-state index in [0.29, 0.717) is 6.54 Å². The number of hydrogen-bond donors (Lipinski definition) is 2. The van der Waals surface area contributed by atoms with Crippen molar-refractivity contribution < 1.29 is 4.52 Å². The van der Waals surface area contributed by atoms with Gasteiger partial charge in [0, 0.05) is 25.1 Å². The molecule has 26 heavy (non-hydrogen) atoms. The lowest BCUT2D eigenvalue weighted by Gasteiger charge is -2.15. The lowest BCUT2D eigenvalue weighted by molar-refractivity contribution is 0.330. The van der Waals surface area contributed by atoms with Gasteiger partial charge < -0.3 is 20.1 Å². The lowest BCUT2D eigenvalue weighted by atomic mass is 10.1. The average Bonchev–Trinajstić information content (AvgIpc) is 3.28. The Balaban J connectivity index is 0.00000338. The molecule has 0 radical (unpaired) electrons. The number of aliphatic imine (C=N–C) groups is 1. The van der Waals surface area contributed by atoms with Gasteiger partial charge in [0.2, 0.25) is 0 Å². The summed E-state index contributed by atoms with van der Waals surface area (Å²) in [7, 11) is 0. The molecule has 0 spiro atoms. The van der Waals surface area contributed by atoms with Crippen molar-refractivity contribution in [1.29, 1.82) is 0 Å². The minimum absolute atomic E-state index is 0. The van der Waals surface area contributed by atoms with Gasteiger partial charge in [-0.2, -0.15) is 0 Å². The zero-order valence-electron chi connectivity index (χ0n) is 16.6. The summed E-state index contributed by atoms with van der Waals surface area (Å²) >= 11 is 0. The van der Waals surface area contributed by atoms with Gasteiger partial charge in [-0.3, -0.25) is 0 Å². The summed E-state index contributed by atoms with van der Waals surface area (Å²) in [5.41, 5.74) is 2.18. The lowest BCUT2D eigenvalue weighted by Crippen LogP contribution is -2.38. The minimum Gasteiger partial charge on any atom is -0.361 e. The second kappa shape index (κ2) is 13.4. The first-order valence-corrected chi connectivity index (χ1v) is 9.99. The number of aryl methyl sites for hydroxylation is 2. The van der Waals surface area contributed by atoms with Gasteiger partial charge in [-0.25, -0.2) is 4.99 Å². The van der Waals surface area contributed by atoms with Gasteiger partial charge in [-0.1, -0.05) is 19.0 Å². The number of nitrogens with zero attached hydrogens (tertiary/aromatic N) is 3. The molecule has 2 rings (SSSR count). The Morgan fingerprint density at radius 1 is 1.12 bits per heavy atom. The quantitative estimate of drug-likeness (QED) is 0.234. The van der Waals surface area contributed by atoms with Crippen LogP contribution >= 0.6 is 24.0 Å². The fourth-order valence-corrected chi connectivity index (χ4v) is 3.29. The summed E-state index contributed by atoms with van der Waals surface area (Å²) < 4.78 is 5.43. The van der Waals surface area contributed by atoms with Crippen molar-refractivity contribution in [2.75, 3.05) is 32.7 Å². The molecular weight excluding hydrogens is 441 g/mol. The fraction of sp³-hybridized carbons (Fsp3) is 0.789. The van der Waals surface area contributed by atoms with Crippen molar-refractivity contribution in [3.8, 4) is 0 Å². The topological polar surface area (TPSA) is 65.7 Å². The summed E-state index contributed by atoms with van der Waals surface area (Å²) in [6.07, 6.45) is 6.91. The highest BCUT2D eigenvalue weighted by atomic mass is 127. The molecule has 2 heterocycles. The number of likely N-dealkylation sites (tertiary alicyclic amines) is 1. The molecule has 1 aromatic heterocycles. The van der Waals surface area contributed by atoms with E-state index >= 15 is 0 Å². The molecule has 0 bridgehead atoms. The number of halogens is 1. The number of unbranched alkanes of at least 4 members (excludes halogenated alkanes) is 1. The summed E-state index contributed by atoms with van der Waals surface area (Å²) in [6.45, 7) is 12.6. The van der Waals surface area contributed by atoms with E-state index in [1.165, 1.54) is 45.3 Å². The van der Waals surface area contributed by atoms with E-state index in [2.05, 4.69) is 41.5 Å². The van der Waals surface area contributed by atoms with Gasteiger partial charge in [-0.15, -0.1) is 24.0 Å². The van der Waals surface area contributed by atoms with Gasteiger partial charge in [0.25, 0.3) is 0 Å². The first kappa shape index (κ1) is 23.2. The van der Waals surface area contributed by atoms with Crippen molar-refractivity contribution in [3.63, 3.8) is 0 Å². The van der Waals surface area contributed by atoms with Crippen LogP contribution in [0.3, 0.4) is 0 Å². The predicted molar refractivity (Wildman–Crippen MR) is 118 cm³/mol. The van der Waals surface area contributed by atoms with Crippen molar-refractivity contribution >= 4 is 29.9 Å². The molecule has 0 atom stereocenters. The molecule has 150 valence electrons. The highest BCUT2D eigenvalue weighted by molar-refractivity contribution is 14.0. The van der Waals surface area contributed by atoms with Gasteiger partial charge in [0.05, 0.1) is 12.2 Å². The molecule has 0 aromatic carbocycles. The van der Waals surface area contributed by atoms with E-state index < -0.39 is 0 Å². The Labute approximate surface area is 175 Å². The summed E-state index contributed by atoms with van der Waals surface area (Å²) in [5, 5.41) is 10.9. The molecule has 1 fully saturated rings. The first-order valence-electron chi connectivity index (χ1n) is 9.99. The molecule has 0 unspecified atom stereocenters. The third kappa shape index (κ3) is 7.42. The molecule has 1 saturated heterocycles. The molecule has 0 amide bonds. The van der Waals surface area contributed by atoms with Crippen molar-refractivity contribution in [2.24, 2.45) is 4.99 Å². The third-order valence-electron chi connectivity index (χ3n) is 4.74. The zero-order chi connectivity index (χ0) is 17.9. The maximum absolute atomic E-state index is 5.43. The van der Waals surface area contributed by atoms with Crippen LogP contribution in [0.5, 0.6) is 0 Å². The maximum Gasteiger partial charge on any atom is 0.191 e. The molecular formula is C19H36IN5O. The Bertz CT molecular complexity index is 504. The van der Waals surface area contributed by atoms with Gasteiger partial charge >= 0.3 is 0 Å². The molecule has 7 heteroatoms. The second-order valence-electron chi connectivity index (χ2n) is 6.62. The molecule has 0 aliphatic carbocycles. The minimum atomic E-state index is 0. The van der Waals surface area contributed by atoms with E-state index in [4.69, 9.17) is 9.52 Å². The summed E-state index contributed by atoms with van der Waals surface area (Å²) in [4.78, 5) is 7.31. The number of aromatic nitrogens is 1. The summed E-state index contributed by atoms with van der Waals surface area (Å²) in [6, 6.07) is 0. The Kier molecular flexibility index (Phi) is 11.9. The van der Waals surface area contributed by atoms with Crippen LogP contribution in [0.2, 0.25) is 0 Å². The van der Waals surface area contributed by atoms with Gasteiger partial charge in [0.1, 0.15) is 5.76 Å². The standard InChI is InChI=1S/C19H35N5O.HI/c1-4-17-16(18(5-2)25-23-17)15-22-19(20-6-3)21-11-7-8-12-24-13-9-10-14-24;/h4-15H2,1-3H3,(H2,20,21,22);1H. The smallest absolute Gasteiger partial charge is 0.191 e. The van der Waals surface area contributed by atoms with E-state index in [9.17, 15) is 0 Å². The molecule has 1 aliphatic rings. The molecule has 1 aliphatic heterocycles. The number of guanidine groups is 1. The zero-order valence-corrected chi connectivity index (χ0v) is 19.0. The highest BCUT2D eigenvalue weighted by Crippen LogP contribution is 2.16. The largest absolute Gasteiger partial charge is 0.361 e. The van der Waals surface area contributed by atoms with Gasteiger partial charge in [0.15, 0.2) is 5.96 Å². The predicted octanol–water partition coefficient (Wildman–Crippen LogP) is 3.35. The van der Waals surface area contributed by atoms with Crippen LogP contribution < -0.4 is 10.6 Å². The average molecular weight is 477 g/mol.